The molecule has 0 saturated carbocycles. The summed E-state index contributed by atoms with van der Waals surface area (Å²) in [4.78, 5) is 46.2. The van der Waals surface area contributed by atoms with Gasteiger partial charge in [0.05, 0.1) is 12.7 Å². The maximum absolute atomic E-state index is 12.0. The van der Waals surface area contributed by atoms with Crippen LogP contribution in [-0.2, 0) is 19.2 Å². The standard InChI is InChI=1S/C13H24N4O7/c1-5(15-11(21)8(14)4-18)10(20)17-9(7(3)19)12(22)16-6(2)13(23)24/h5-9,18-19H,4,14H2,1-3H3,(H,15,21)(H,16,22)(H,17,20)(H,23,24). The summed E-state index contributed by atoms with van der Waals surface area (Å²) in [5.41, 5.74) is 5.29. The third-order valence-corrected chi connectivity index (χ3v) is 3.08. The van der Waals surface area contributed by atoms with E-state index in [0.717, 1.165) is 0 Å². The number of nitrogens with two attached hydrogens (primary N) is 1. The van der Waals surface area contributed by atoms with E-state index < -0.39 is 60.6 Å². The molecule has 11 heteroatoms. The Kier molecular flexibility index (Phi) is 8.89. The Bertz CT molecular complexity index is 483. The smallest absolute Gasteiger partial charge is 0.325 e. The molecule has 0 spiro atoms. The first-order chi connectivity index (χ1) is 11.0. The number of rotatable bonds is 9. The molecule has 0 saturated heterocycles. The third kappa shape index (κ3) is 6.89. The van der Waals surface area contributed by atoms with E-state index in [1.807, 2.05) is 0 Å². The highest BCUT2D eigenvalue weighted by Gasteiger charge is 2.30. The predicted molar refractivity (Wildman–Crippen MR) is 81.5 cm³/mol. The van der Waals surface area contributed by atoms with Gasteiger partial charge in [-0.15, -0.1) is 0 Å². The molecule has 0 aliphatic rings. The molecule has 0 radical (unpaired) electrons. The minimum Gasteiger partial charge on any atom is -0.480 e. The predicted octanol–water partition coefficient (Wildman–Crippen LogP) is -3.73. The molecular weight excluding hydrogens is 324 g/mol. The van der Waals surface area contributed by atoms with Crippen LogP contribution >= 0.6 is 0 Å². The van der Waals surface area contributed by atoms with Gasteiger partial charge in [-0.2, -0.15) is 0 Å². The quantitative estimate of drug-likeness (QED) is 0.221. The topological polar surface area (TPSA) is 191 Å². The van der Waals surface area contributed by atoms with Crippen LogP contribution < -0.4 is 21.7 Å². The van der Waals surface area contributed by atoms with Gasteiger partial charge in [-0.25, -0.2) is 0 Å². The second-order valence-electron chi connectivity index (χ2n) is 5.31. The molecule has 138 valence electrons. The van der Waals surface area contributed by atoms with Crippen molar-refractivity contribution in [2.24, 2.45) is 5.73 Å². The van der Waals surface area contributed by atoms with E-state index in [1.165, 1.54) is 20.8 Å². The van der Waals surface area contributed by atoms with Gasteiger partial charge < -0.3 is 37.0 Å². The van der Waals surface area contributed by atoms with E-state index in [0.29, 0.717) is 0 Å². The Morgan fingerprint density at radius 3 is 1.83 bits per heavy atom. The number of carboxylic acid groups (broad SMARTS) is 1. The Balaban J connectivity index is 4.82. The number of aliphatic carboxylic acids is 1. The highest BCUT2D eigenvalue weighted by atomic mass is 16.4. The average molecular weight is 348 g/mol. The highest BCUT2D eigenvalue weighted by molar-refractivity contribution is 5.94. The molecule has 0 heterocycles. The number of aliphatic hydroxyl groups is 2. The lowest BCUT2D eigenvalue weighted by Gasteiger charge is -2.24. The molecule has 8 N–H and O–H groups in total. The van der Waals surface area contributed by atoms with Crippen molar-refractivity contribution in [2.45, 2.75) is 51.0 Å². The number of carbonyl (C=O) groups is 4. The van der Waals surface area contributed by atoms with E-state index in [9.17, 15) is 24.3 Å². The van der Waals surface area contributed by atoms with Crippen molar-refractivity contribution in [3.05, 3.63) is 0 Å². The van der Waals surface area contributed by atoms with Crippen LogP contribution in [0.15, 0.2) is 0 Å². The average Bonchev–Trinajstić information content (AvgIpc) is 2.50. The second-order valence-corrected chi connectivity index (χ2v) is 5.31. The third-order valence-electron chi connectivity index (χ3n) is 3.08. The van der Waals surface area contributed by atoms with E-state index in [2.05, 4.69) is 16.0 Å². The van der Waals surface area contributed by atoms with Gasteiger partial charge in [-0.3, -0.25) is 19.2 Å². The van der Waals surface area contributed by atoms with Crippen LogP contribution in [0.5, 0.6) is 0 Å². The monoisotopic (exact) mass is 348 g/mol. The van der Waals surface area contributed by atoms with Gasteiger partial charge in [0, 0.05) is 0 Å². The van der Waals surface area contributed by atoms with Crippen LogP contribution in [0.3, 0.4) is 0 Å². The SMILES string of the molecule is CC(NC(=O)C(NC(=O)C(C)NC(=O)C(N)CO)C(C)O)C(=O)O. The van der Waals surface area contributed by atoms with Gasteiger partial charge in [0.2, 0.25) is 17.7 Å². The Labute approximate surface area is 138 Å². The Morgan fingerprint density at radius 1 is 0.917 bits per heavy atom. The summed E-state index contributed by atoms with van der Waals surface area (Å²) in [5, 5.41) is 33.7. The van der Waals surface area contributed by atoms with Crippen molar-refractivity contribution < 1.29 is 34.5 Å². The molecule has 11 nitrogen and oxygen atoms in total. The summed E-state index contributed by atoms with van der Waals surface area (Å²) in [5.74, 6) is -3.73. The van der Waals surface area contributed by atoms with Crippen LogP contribution in [-0.4, -0.2) is 75.9 Å². The molecule has 5 unspecified atom stereocenters. The number of nitrogens with one attached hydrogen (secondary N) is 3. The summed E-state index contributed by atoms with van der Waals surface area (Å²) in [6.45, 7) is 3.17. The molecule has 0 aliphatic carbocycles. The lowest BCUT2D eigenvalue weighted by molar-refractivity contribution is -0.142. The molecule has 0 aromatic rings. The summed E-state index contributed by atoms with van der Waals surface area (Å²) < 4.78 is 0. The normalized spacial score (nSPS) is 16.9. The Morgan fingerprint density at radius 2 is 1.42 bits per heavy atom. The van der Waals surface area contributed by atoms with Crippen LogP contribution in [0, 0.1) is 0 Å². The zero-order valence-electron chi connectivity index (χ0n) is 13.6. The van der Waals surface area contributed by atoms with E-state index in [4.69, 9.17) is 15.9 Å². The highest BCUT2D eigenvalue weighted by Crippen LogP contribution is 1.97. The second kappa shape index (κ2) is 9.80. The number of aliphatic hydroxyl groups excluding tert-OH is 2. The van der Waals surface area contributed by atoms with Crippen molar-refractivity contribution in [2.75, 3.05) is 6.61 Å². The first-order valence-electron chi connectivity index (χ1n) is 7.19. The molecule has 5 atom stereocenters. The molecule has 0 bridgehead atoms. The zero-order chi connectivity index (χ0) is 19.0. The first-order valence-corrected chi connectivity index (χ1v) is 7.19. The summed E-state index contributed by atoms with van der Waals surface area (Å²) in [7, 11) is 0. The lowest BCUT2D eigenvalue weighted by atomic mass is 10.1. The van der Waals surface area contributed by atoms with E-state index in [1.54, 1.807) is 0 Å². The van der Waals surface area contributed by atoms with Crippen LogP contribution in [0.25, 0.3) is 0 Å². The van der Waals surface area contributed by atoms with Crippen LogP contribution in [0.1, 0.15) is 20.8 Å². The van der Waals surface area contributed by atoms with Gasteiger partial charge in [0.25, 0.3) is 0 Å². The van der Waals surface area contributed by atoms with Crippen molar-refractivity contribution in [1.29, 1.82) is 0 Å². The van der Waals surface area contributed by atoms with Gasteiger partial charge >= 0.3 is 5.97 Å². The van der Waals surface area contributed by atoms with Gasteiger partial charge in [0.1, 0.15) is 24.2 Å². The van der Waals surface area contributed by atoms with Crippen molar-refractivity contribution >= 4 is 23.7 Å². The molecule has 3 amide bonds. The molecule has 0 fully saturated rings. The fourth-order valence-electron chi connectivity index (χ4n) is 1.52. The molecule has 0 aliphatic heterocycles. The number of carboxylic acids is 1. The molecule has 24 heavy (non-hydrogen) atoms. The number of carbonyl (C=O) groups excluding carboxylic acids is 3. The fraction of sp³-hybridized carbons (Fsp3) is 0.692. The number of hydrogen-bond acceptors (Lipinski definition) is 7. The van der Waals surface area contributed by atoms with Gasteiger partial charge in [-0.05, 0) is 20.8 Å². The summed E-state index contributed by atoms with van der Waals surface area (Å²) in [6.07, 6.45) is -1.31. The van der Waals surface area contributed by atoms with Gasteiger partial charge in [0.15, 0.2) is 0 Å². The van der Waals surface area contributed by atoms with Crippen LogP contribution in [0.4, 0.5) is 0 Å². The number of hydrogen-bond donors (Lipinski definition) is 7. The van der Waals surface area contributed by atoms with E-state index in [-0.39, 0.29) is 0 Å². The minimum atomic E-state index is -1.41. The van der Waals surface area contributed by atoms with Gasteiger partial charge in [-0.1, -0.05) is 0 Å². The molecule has 0 rings (SSSR count). The number of amides is 3. The minimum absolute atomic E-state index is 0.605. The zero-order valence-corrected chi connectivity index (χ0v) is 13.6. The maximum Gasteiger partial charge on any atom is 0.325 e. The van der Waals surface area contributed by atoms with Crippen molar-refractivity contribution in [1.82, 2.24) is 16.0 Å². The largest absolute Gasteiger partial charge is 0.480 e. The summed E-state index contributed by atoms with van der Waals surface area (Å²) in [6, 6.07) is -4.92. The maximum atomic E-state index is 12.0. The molecule has 0 aromatic heterocycles. The van der Waals surface area contributed by atoms with Crippen molar-refractivity contribution in [3.63, 3.8) is 0 Å². The molecular formula is C13H24N4O7. The molecule has 0 aromatic carbocycles. The Hall–Kier alpha value is -2.24. The van der Waals surface area contributed by atoms with Crippen molar-refractivity contribution in [3.8, 4) is 0 Å². The van der Waals surface area contributed by atoms with Crippen LogP contribution in [0.2, 0.25) is 0 Å². The first kappa shape index (κ1) is 21.8. The lowest BCUT2D eigenvalue weighted by Crippen LogP contribution is -2.59. The fourth-order valence-corrected chi connectivity index (χ4v) is 1.52. The van der Waals surface area contributed by atoms with E-state index >= 15 is 0 Å². The summed E-state index contributed by atoms with van der Waals surface area (Å²) >= 11 is 0.